The molecular weight excluding hydrogens is 270 g/mol. The van der Waals surface area contributed by atoms with Crippen molar-refractivity contribution in [2.45, 2.75) is 6.92 Å². The normalized spacial score (nSPS) is 10.1. The van der Waals surface area contributed by atoms with Gasteiger partial charge in [-0.15, -0.1) is 0 Å². The summed E-state index contributed by atoms with van der Waals surface area (Å²) in [6, 6.07) is 5.61. The minimum Gasteiger partial charge on any atom is -0.493 e. The van der Waals surface area contributed by atoms with Gasteiger partial charge < -0.3 is 9.47 Å². The molecule has 0 bridgehead atoms. The van der Waals surface area contributed by atoms with E-state index >= 15 is 0 Å². The number of rotatable bonds is 4. The van der Waals surface area contributed by atoms with Gasteiger partial charge in [0.05, 0.1) is 19.8 Å². The summed E-state index contributed by atoms with van der Waals surface area (Å²) >= 11 is 3.41. The molecular formula is C12H12BrNO2. The fourth-order valence-electron chi connectivity index (χ4n) is 1.23. The topological polar surface area (TPSA) is 42.2 Å². The highest BCUT2D eigenvalue weighted by Gasteiger charge is 2.08. The van der Waals surface area contributed by atoms with Gasteiger partial charge in [0, 0.05) is 10.5 Å². The molecule has 0 radical (unpaired) electrons. The maximum Gasteiger partial charge on any atom is 0.161 e. The third-order valence-corrected chi connectivity index (χ3v) is 2.61. The van der Waals surface area contributed by atoms with Crippen LogP contribution in [-0.2, 0) is 0 Å². The van der Waals surface area contributed by atoms with E-state index in [-0.39, 0.29) is 0 Å². The van der Waals surface area contributed by atoms with E-state index in [1.54, 1.807) is 13.2 Å². The first-order valence-electron chi connectivity index (χ1n) is 4.79. The average Bonchev–Trinajstić information content (AvgIpc) is 2.29. The summed E-state index contributed by atoms with van der Waals surface area (Å²) in [6.45, 7) is 2.48. The maximum absolute atomic E-state index is 8.48. The summed E-state index contributed by atoms with van der Waals surface area (Å²) in [7, 11) is 1.59. The molecule has 0 unspecified atom stereocenters. The monoisotopic (exact) mass is 281 g/mol. The van der Waals surface area contributed by atoms with E-state index in [1.807, 2.05) is 25.1 Å². The smallest absolute Gasteiger partial charge is 0.161 e. The van der Waals surface area contributed by atoms with Crippen LogP contribution in [0.4, 0.5) is 0 Å². The lowest BCUT2D eigenvalue weighted by Crippen LogP contribution is -1.96. The fraction of sp³-hybridized carbons (Fsp3) is 0.250. The Kier molecular flexibility index (Phi) is 4.87. The highest BCUT2D eigenvalue weighted by molar-refractivity contribution is 9.10. The van der Waals surface area contributed by atoms with Crippen LogP contribution in [0.15, 0.2) is 22.7 Å². The molecule has 0 aromatic heterocycles. The first kappa shape index (κ1) is 12.6. The fourth-order valence-corrected chi connectivity index (χ4v) is 1.69. The van der Waals surface area contributed by atoms with Crippen molar-refractivity contribution in [3.8, 4) is 17.6 Å². The molecule has 0 atom stereocenters. The molecule has 0 amide bonds. The molecule has 0 heterocycles. The minimum atomic E-state index is 0.569. The van der Waals surface area contributed by atoms with Crippen molar-refractivity contribution in [1.29, 1.82) is 5.26 Å². The van der Waals surface area contributed by atoms with E-state index in [4.69, 9.17) is 14.7 Å². The molecule has 1 aromatic rings. The van der Waals surface area contributed by atoms with Gasteiger partial charge in [0.2, 0.25) is 0 Å². The number of halogens is 1. The number of hydrogen-bond acceptors (Lipinski definition) is 3. The zero-order valence-corrected chi connectivity index (χ0v) is 10.7. The van der Waals surface area contributed by atoms with Gasteiger partial charge in [-0.1, -0.05) is 15.9 Å². The van der Waals surface area contributed by atoms with E-state index in [0.717, 1.165) is 10.0 Å². The van der Waals surface area contributed by atoms with Crippen molar-refractivity contribution in [3.05, 3.63) is 28.2 Å². The number of hydrogen-bond donors (Lipinski definition) is 0. The Hall–Kier alpha value is -1.47. The van der Waals surface area contributed by atoms with Crippen molar-refractivity contribution in [1.82, 2.24) is 0 Å². The largest absolute Gasteiger partial charge is 0.493 e. The van der Waals surface area contributed by atoms with Crippen molar-refractivity contribution < 1.29 is 9.47 Å². The zero-order valence-electron chi connectivity index (χ0n) is 9.16. The maximum atomic E-state index is 8.48. The van der Waals surface area contributed by atoms with Gasteiger partial charge >= 0.3 is 0 Å². The number of nitrogens with zero attached hydrogens (tertiary/aromatic N) is 1. The molecule has 4 heteroatoms. The third kappa shape index (κ3) is 3.01. The summed E-state index contributed by atoms with van der Waals surface area (Å²) in [6.07, 6.45) is 3.13. The molecule has 0 aliphatic rings. The van der Waals surface area contributed by atoms with Crippen LogP contribution in [0, 0.1) is 11.3 Å². The Balaban J connectivity index is 3.17. The van der Waals surface area contributed by atoms with Crippen LogP contribution < -0.4 is 9.47 Å². The number of ether oxygens (including phenoxy) is 2. The average molecular weight is 282 g/mol. The van der Waals surface area contributed by atoms with Crippen LogP contribution in [0.2, 0.25) is 0 Å². The van der Waals surface area contributed by atoms with Crippen molar-refractivity contribution in [2.75, 3.05) is 13.7 Å². The molecule has 1 rings (SSSR count). The van der Waals surface area contributed by atoms with Gasteiger partial charge in [-0.25, -0.2) is 0 Å². The SMILES string of the molecule is CCOc1cc(/C=C/C#N)c(Br)cc1OC. The number of methoxy groups -OCH3 is 1. The molecule has 0 saturated heterocycles. The van der Waals surface area contributed by atoms with Crippen molar-refractivity contribution in [3.63, 3.8) is 0 Å². The first-order chi connectivity index (χ1) is 7.72. The van der Waals surface area contributed by atoms with Crippen molar-refractivity contribution in [2.24, 2.45) is 0 Å². The van der Waals surface area contributed by atoms with E-state index in [2.05, 4.69) is 15.9 Å². The molecule has 0 aliphatic carbocycles. The summed E-state index contributed by atoms with van der Waals surface area (Å²) in [5.41, 5.74) is 0.880. The molecule has 84 valence electrons. The molecule has 0 aliphatic heterocycles. The quantitative estimate of drug-likeness (QED) is 0.795. The highest BCUT2D eigenvalue weighted by atomic mass is 79.9. The van der Waals surface area contributed by atoms with E-state index in [1.165, 1.54) is 6.08 Å². The van der Waals surface area contributed by atoms with Crippen LogP contribution in [0.5, 0.6) is 11.5 Å². The number of nitriles is 1. The van der Waals surface area contributed by atoms with Gasteiger partial charge in [-0.05, 0) is 30.7 Å². The molecule has 3 nitrogen and oxygen atoms in total. The first-order valence-corrected chi connectivity index (χ1v) is 5.58. The highest BCUT2D eigenvalue weighted by Crippen LogP contribution is 2.34. The lowest BCUT2D eigenvalue weighted by Gasteiger charge is -2.11. The van der Waals surface area contributed by atoms with E-state index < -0.39 is 0 Å². The van der Waals surface area contributed by atoms with Crippen LogP contribution in [0.3, 0.4) is 0 Å². The Labute approximate surface area is 103 Å². The Bertz CT molecular complexity index is 435. The van der Waals surface area contributed by atoms with Gasteiger partial charge in [-0.2, -0.15) is 5.26 Å². The third-order valence-electron chi connectivity index (χ3n) is 1.92. The number of allylic oxidation sites excluding steroid dienone is 1. The second kappa shape index (κ2) is 6.19. The number of benzene rings is 1. The Morgan fingerprint density at radius 2 is 2.19 bits per heavy atom. The van der Waals surface area contributed by atoms with Gasteiger partial charge in [0.1, 0.15) is 0 Å². The second-order valence-corrected chi connectivity index (χ2v) is 3.77. The molecule has 1 aromatic carbocycles. The van der Waals surface area contributed by atoms with Crippen LogP contribution in [0.25, 0.3) is 6.08 Å². The predicted octanol–water partition coefficient (Wildman–Crippen LogP) is 3.39. The summed E-state index contributed by atoms with van der Waals surface area (Å²) in [4.78, 5) is 0. The van der Waals surface area contributed by atoms with Gasteiger partial charge in [0.15, 0.2) is 11.5 Å². The minimum absolute atomic E-state index is 0.569. The van der Waals surface area contributed by atoms with Crippen LogP contribution in [-0.4, -0.2) is 13.7 Å². The van der Waals surface area contributed by atoms with E-state index in [9.17, 15) is 0 Å². The molecule has 0 fully saturated rings. The van der Waals surface area contributed by atoms with E-state index in [0.29, 0.717) is 18.1 Å². The molecule has 0 N–H and O–H groups in total. The molecule has 16 heavy (non-hydrogen) atoms. The second-order valence-electron chi connectivity index (χ2n) is 2.92. The van der Waals surface area contributed by atoms with Gasteiger partial charge in [0.25, 0.3) is 0 Å². The lowest BCUT2D eigenvalue weighted by atomic mass is 10.2. The predicted molar refractivity (Wildman–Crippen MR) is 66.5 cm³/mol. The summed E-state index contributed by atoms with van der Waals surface area (Å²) in [5, 5.41) is 8.48. The zero-order chi connectivity index (χ0) is 12.0. The Morgan fingerprint density at radius 3 is 2.75 bits per heavy atom. The standard InChI is InChI=1S/C12H12BrNO2/c1-3-16-12-7-9(5-4-6-14)10(13)8-11(12)15-2/h4-5,7-8H,3H2,1-2H3/b5-4+. The molecule has 0 spiro atoms. The lowest BCUT2D eigenvalue weighted by molar-refractivity contribution is 0.310. The summed E-state index contributed by atoms with van der Waals surface area (Å²) < 4.78 is 11.5. The van der Waals surface area contributed by atoms with Crippen molar-refractivity contribution >= 4 is 22.0 Å². The van der Waals surface area contributed by atoms with Gasteiger partial charge in [-0.3, -0.25) is 0 Å². The summed E-state index contributed by atoms with van der Waals surface area (Å²) in [5.74, 6) is 1.34. The Morgan fingerprint density at radius 1 is 1.44 bits per heavy atom. The van der Waals surface area contributed by atoms with Crippen LogP contribution in [0.1, 0.15) is 12.5 Å². The van der Waals surface area contributed by atoms with Crippen LogP contribution >= 0.6 is 15.9 Å². The molecule has 0 saturated carbocycles.